The average Bonchev–Trinajstić information content (AvgIpc) is 3.15. The first-order valence-electron chi connectivity index (χ1n) is 9.95. The molecular formula is C19H28N8. The van der Waals surface area contributed by atoms with Gasteiger partial charge >= 0.3 is 0 Å². The van der Waals surface area contributed by atoms with E-state index >= 15 is 0 Å². The molecule has 8 nitrogen and oxygen atoms in total. The standard InChI is InChI=1S/C19H28N8/c1-2-20-19(22-15-18-24-23-17-8-4-6-10-27(17)18)26-13-11-25(12-14-26)16-7-3-5-9-21-16/h3,5,7,9H,2,4,6,8,10-15H2,1H3,(H,20,22). The number of nitrogens with one attached hydrogen (secondary N) is 1. The number of anilines is 1. The second-order valence-corrected chi connectivity index (χ2v) is 6.97. The van der Waals surface area contributed by atoms with Gasteiger partial charge in [-0.15, -0.1) is 10.2 Å². The summed E-state index contributed by atoms with van der Waals surface area (Å²) in [6, 6.07) is 6.07. The minimum atomic E-state index is 0.579. The zero-order valence-corrected chi connectivity index (χ0v) is 16.0. The Morgan fingerprint density at radius 1 is 1.11 bits per heavy atom. The molecule has 0 atom stereocenters. The Morgan fingerprint density at radius 3 is 2.78 bits per heavy atom. The van der Waals surface area contributed by atoms with Crippen molar-refractivity contribution in [2.75, 3.05) is 37.6 Å². The summed E-state index contributed by atoms with van der Waals surface area (Å²) in [5, 5.41) is 12.1. The van der Waals surface area contributed by atoms with E-state index in [0.717, 1.165) is 69.1 Å². The number of guanidine groups is 1. The highest BCUT2D eigenvalue weighted by atomic mass is 15.4. The zero-order chi connectivity index (χ0) is 18.5. The Morgan fingerprint density at radius 2 is 2.00 bits per heavy atom. The number of piperazine rings is 1. The number of pyridine rings is 1. The number of fused-ring (bicyclic) bond motifs is 1. The molecule has 0 aliphatic carbocycles. The third kappa shape index (κ3) is 4.04. The first-order valence-corrected chi connectivity index (χ1v) is 9.95. The second-order valence-electron chi connectivity index (χ2n) is 6.97. The molecule has 1 N–H and O–H groups in total. The number of aryl methyl sites for hydroxylation is 1. The number of nitrogens with zero attached hydrogens (tertiary/aromatic N) is 7. The Labute approximate surface area is 160 Å². The molecule has 2 aromatic heterocycles. The van der Waals surface area contributed by atoms with Crippen molar-refractivity contribution in [2.45, 2.75) is 39.3 Å². The van der Waals surface area contributed by atoms with Crippen LogP contribution in [0, 0.1) is 0 Å². The predicted octanol–water partition coefficient (Wildman–Crippen LogP) is 1.30. The molecule has 0 spiro atoms. The topological polar surface area (TPSA) is 74.5 Å². The summed E-state index contributed by atoms with van der Waals surface area (Å²) in [6.45, 7) is 8.32. The van der Waals surface area contributed by atoms with E-state index < -0.39 is 0 Å². The van der Waals surface area contributed by atoms with Crippen LogP contribution in [0.3, 0.4) is 0 Å². The van der Waals surface area contributed by atoms with Crippen LogP contribution in [0.15, 0.2) is 29.4 Å². The molecule has 2 aliphatic rings. The minimum Gasteiger partial charge on any atom is -0.357 e. The van der Waals surface area contributed by atoms with Crippen LogP contribution in [-0.4, -0.2) is 63.3 Å². The van der Waals surface area contributed by atoms with Crippen LogP contribution in [-0.2, 0) is 19.5 Å². The van der Waals surface area contributed by atoms with Crippen LogP contribution in [0.4, 0.5) is 5.82 Å². The molecule has 144 valence electrons. The molecule has 0 radical (unpaired) electrons. The average molecular weight is 368 g/mol. The van der Waals surface area contributed by atoms with Crippen molar-refractivity contribution in [2.24, 2.45) is 4.99 Å². The molecule has 8 heteroatoms. The van der Waals surface area contributed by atoms with Gasteiger partial charge < -0.3 is 19.7 Å². The van der Waals surface area contributed by atoms with Gasteiger partial charge in [0.05, 0.1) is 0 Å². The normalized spacial score (nSPS) is 17.7. The van der Waals surface area contributed by atoms with Crippen molar-refractivity contribution >= 4 is 11.8 Å². The maximum Gasteiger partial charge on any atom is 0.194 e. The Kier molecular flexibility index (Phi) is 5.50. The lowest BCUT2D eigenvalue weighted by molar-refractivity contribution is 0.371. The van der Waals surface area contributed by atoms with Gasteiger partial charge in [-0.1, -0.05) is 6.07 Å². The van der Waals surface area contributed by atoms with Gasteiger partial charge in [0.2, 0.25) is 0 Å². The van der Waals surface area contributed by atoms with Crippen molar-refractivity contribution < 1.29 is 0 Å². The summed E-state index contributed by atoms with van der Waals surface area (Å²) >= 11 is 0. The maximum absolute atomic E-state index is 4.86. The van der Waals surface area contributed by atoms with E-state index in [1.807, 2.05) is 18.3 Å². The molecule has 0 bridgehead atoms. The molecule has 0 saturated carbocycles. The summed E-state index contributed by atoms with van der Waals surface area (Å²) in [6.07, 6.45) is 5.31. The molecule has 2 aliphatic heterocycles. The third-order valence-corrected chi connectivity index (χ3v) is 5.19. The molecule has 0 amide bonds. The summed E-state index contributed by atoms with van der Waals surface area (Å²) in [4.78, 5) is 14.0. The lowest BCUT2D eigenvalue weighted by atomic mass is 10.2. The van der Waals surface area contributed by atoms with Gasteiger partial charge in [-0.3, -0.25) is 0 Å². The van der Waals surface area contributed by atoms with Gasteiger partial charge in [0.1, 0.15) is 18.2 Å². The highest BCUT2D eigenvalue weighted by Crippen LogP contribution is 2.15. The summed E-state index contributed by atoms with van der Waals surface area (Å²) in [5.74, 6) is 4.10. The number of rotatable bonds is 4. The van der Waals surface area contributed by atoms with Crippen molar-refractivity contribution in [3.63, 3.8) is 0 Å². The number of aromatic nitrogens is 4. The van der Waals surface area contributed by atoms with E-state index in [0.29, 0.717) is 6.54 Å². The Bertz CT molecular complexity index is 761. The molecule has 0 aromatic carbocycles. The fraction of sp³-hybridized carbons (Fsp3) is 0.579. The molecule has 1 saturated heterocycles. The summed E-state index contributed by atoms with van der Waals surface area (Å²) in [5.41, 5.74) is 0. The number of hydrogen-bond acceptors (Lipinski definition) is 5. The quantitative estimate of drug-likeness (QED) is 0.648. The van der Waals surface area contributed by atoms with E-state index in [9.17, 15) is 0 Å². The largest absolute Gasteiger partial charge is 0.357 e. The van der Waals surface area contributed by atoms with Crippen LogP contribution in [0.5, 0.6) is 0 Å². The first-order chi connectivity index (χ1) is 13.3. The molecule has 4 rings (SSSR count). The maximum atomic E-state index is 4.86. The molecule has 27 heavy (non-hydrogen) atoms. The van der Waals surface area contributed by atoms with Crippen LogP contribution < -0.4 is 10.2 Å². The Hall–Kier alpha value is -2.64. The predicted molar refractivity (Wildman–Crippen MR) is 106 cm³/mol. The number of aliphatic imine (C=N–C) groups is 1. The van der Waals surface area contributed by atoms with Crippen molar-refractivity contribution in [3.8, 4) is 0 Å². The van der Waals surface area contributed by atoms with E-state index in [4.69, 9.17) is 4.99 Å². The van der Waals surface area contributed by atoms with Crippen molar-refractivity contribution in [1.82, 2.24) is 30.0 Å². The van der Waals surface area contributed by atoms with Gasteiger partial charge in [0.25, 0.3) is 0 Å². The Balaban J connectivity index is 1.41. The first kappa shape index (κ1) is 17.8. The molecule has 4 heterocycles. The van der Waals surface area contributed by atoms with E-state index in [1.54, 1.807) is 0 Å². The highest BCUT2D eigenvalue weighted by Gasteiger charge is 2.21. The molecule has 1 fully saturated rings. The SMILES string of the molecule is CCNC(=NCc1nnc2n1CCCC2)N1CCN(c2ccccn2)CC1. The zero-order valence-electron chi connectivity index (χ0n) is 16.0. The van der Waals surface area contributed by atoms with Gasteiger partial charge in [0.15, 0.2) is 11.8 Å². The molecule has 0 unspecified atom stereocenters. The van der Waals surface area contributed by atoms with Crippen LogP contribution in [0.25, 0.3) is 0 Å². The smallest absolute Gasteiger partial charge is 0.194 e. The van der Waals surface area contributed by atoms with Gasteiger partial charge in [-0.2, -0.15) is 0 Å². The molecular weight excluding hydrogens is 340 g/mol. The van der Waals surface area contributed by atoms with E-state index in [2.05, 4.69) is 47.9 Å². The van der Waals surface area contributed by atoms with Gasteiger partial charge in [0, 0.05) is 51.9 Å². The van der Waals surface area contributed by atoms with Crippen molar-refractivity contribution in [3.05, 3.63) is 36.0 Å². The summed E-state index contributed by atoms with van der Waals surface area (Å²) in [7, 11) is 0. The fourth-order valence-electron chi connectivity index (χ4n) is 3.75. The lowest BCUT2D eigenvalue weighted by Gasteiger charge is -2.37. The van der Waals surface area contributed by atoms with E-state index in [-0.39, 0.29) is 0 Å². The van der Waals surface area contributed by atoms with Crippen molar-refractivity contribution in [1.29, 1.82) is 0 Å². The highest BCUT2D eigenvalue weighted by molar-refractivity contribution is 5.80. The van der Waals surface area contributed by atoms with E-state index in [1.165, 1.54) is 12.8 Å². The minimum absolute atomic E-state index is 0.579. The third-order valence-electron chi connectivity index (χ3n) is 5.19. The fourth-order valence-corrected chi connectivity index (χ4v) is 3.75. The van der Waals surface area contributed by atoms with Crippen LogP contribution in [0.1, 0.15) is 31.4 Å². The molecule has 2 aromatic rings. The summed E-state index contributed by atoms with van der Waals surface area (Å²) < 4.78 is 2.25. The van der Waals surface area contributed by atoms with Gasteiger partial charge in [-0.05, 0) is 31.9 Å². The van der Waals surface area contributed by atoms with Crippen LogP contribution >= 0.6 is 0 Å². The lowest BCUT2D eigenvalue weighted by Crippen LogP contribution is -2.52. The number of hydrogen-bond donors (Lipinski definition) is 1. The van der Waals surface area contributed by atoms with Crippen LogP contribution in [0.2, 0.25) is 0 Å². The van der Waals surface area contributed by atoms with Gasteiger partial charge in [-0.25, -0.2) is 9.98 Å². The second kappa shape index (κ2) is 8.37. The monoisotopic (exact) mass is 368 g/mol.